The van der Waals surface area contributed by atoms with Gasteiger partial charge in [-0.25, -0.2) is 13.6 Å². The second kappa shape index (κ2) is 9.42. The van der Waals surface area contributed by atoms with Crippen molar-refractivity contribution in [3.63, 3.8) is 0 Å². The van der Waals surface area contributed by atoms with Crippen LogP contribution in [0.5, 0.6) is 5.75 Å². The van der Waals surface area contributed by atoms with Crippen LogP contribution in [-0.2, 0) is 19.7 Å². The molecule has 4 aromatic rings. The van der Waals surface area contributed by atoms with Gasteiger partial charge in [0.05, 0.1) is 32.0 Å². The summed E-state index contributed by atoms with van der Waals surface area (Å²) in [6.45, 7) is 4.45. The first-order valence-corrected chi connectivity index (χ1v) is 12.1. The molecule has 3 heterocycles. The van der Waals surface area contributed by atoms with E-state index in [1.165, 1.54) is 13.2 Å². The summed E-state index contributed by atoms with van der Waals surface area (Å²) in [6, 6.07) is 6.39. The predicted molar refractivity (Wildman–Crippen MR) is 134 cm³/mol. The molecule has 0 bridgehead atoms. The lowest BCUT2D eigenvalue weighted by molar-refractivity contribution is -0.153. The highest BCUT2D eigenvalue weighted by Gasteiger charge is 2.38. The molecular weight excluding hydrogens is 484 g/mol. The summed E-state index contributed by atoms with van der Waals surface area (Å²) >= 11 is 0. The van der Waals surface area contributed by atoms with Crippen LogP contribution in [0.2, 0.25) is 0 Å². The van der Waals surface area contributed by atoms with Crippen LogP contribution in [0.1, 0.15) is 43.9 Å². The van der Waals surface area contributed by atoms with Crippen LogP contribution in [0.3, 0.4) is 0 Å². The van der Waals surface area contributed by atoms with Gasteiger partial charge in [0.15, 0.2) is 23.5 Å². The third-order valence-electron chi connectivity index (χ3n) is 7.14. The number of halogens is 2. The number of aromatic nitrogens is 3. The first kappa shape index (κ1) is 25.2. The minimum absolute atomic E-state index is 0.0616. The van der Waals surface area contributed by atoms with E-state index in [0.717, 1.165) is 11.3 Å². The van der Waals surface area contributed by atoms with Crippen LogP contribution in [0.25, 0.3) is 27.5 Å². The molecule has 0 radical (unpaired) electrons. The average Bonchev–Trinajstić information content (AvgIpc) is 3.48. The van der Waals surface area contributed by atoms with E-state index >= 15 is 4.39 Å². The van der Waals surface area contributed by atoms with Gasteiger partial charge in [-0.05, 0) is 36.6 Å². The molecule has 5 rings (SSSR count). The summed E-state index contributed by atoms with van der Waals surface area (Å²) in [6.07, 6.45) is 1.46. The first-order valence-electron chi connectivity index (χ1n) is 12.1. The van der Waals surface area contributed by atoms with Crippen LogP contribution < -0.4 is 4.74 Å². The lowest BCUT2D eigenvalue weighted by atomic mass is 9.80. The van der Waals surface area contributed by atoms with Gasteiger partial charge in [-0.3, -0.25) is 5.10 Å². The third-order valence-corrected chi connectivity index (χ3v) is 7.14. The molecule has 1 fully saturated rings. The van der Waals surface area contributed by atoms with Crippen molar-refractivity contribution in [3.8, 4) is 11.4 Å². The number of ether oxygens (including phenoxy) is 3. The second-order valence-corrected chi connectivity index (χ2v) is 10.1. The summed E-state index contributed by atoms with van der Waals surface area (Å²) in [5.41, 5.74) is 2.33. The highest BCUT2D eigenvalue weighted by molar-refractivity contribution is 6.00. The molecule has 1 aliphatic rings. The Kier molecular flexibility index (Phi) is 6.41. The number of nitrogens with one attached hydrogen (secondary N) is 1. The van der Waals surface area contributed by atoms with Crippen molar-refractivity contribution in [2.45, 2.75) is 44.1 Å². The van der Waals surface area contributed by atoms with E-state index in [1.54, 1.807) is 25.4 Å². The minimum atomic E-state index is -1.01. The first-order chi connectivity index (χ1) is 17.7. The molecule has 0 saturated carbocycles. The zero-order chi connectivity index (χ0) is 26.5. The van der Waals surface area contributed by atoms with Crippen molar-refractivity contribution in [2.24, 2.45) is 0 Å². The van der Waals surface area contributed by atoms with E-state index < -0.39 is 29.1 Å². The molecule has 2 atom stereocenters. The van der Waals surface area contributed by atoms with Crippen molar-refractivity contribution in [1.82, 2.24) is 14.8 Å². The molecular formula is C27H29F2N3O5. The number of nitrogens with zero attached hydrogens (tertiary/aromatic N) is 2. The van der Waals surface area contributed by atoms with Crippen LogP contribution >= 0.6 is 0 Å². The number of aliphatic carboxylic acids is 1. The lowest BCUT2D eigenvalue weighted by Crippen LogP contribution is -2.33. The fourth-order valence-corrected chi connectivity index (χ4v) is 5.55. The summed E-state index contributed by atoms with van der Waals surface area (Å²) in [7, 11) is 3.00. The Bertz CT molecular complexity index is 1480. The molecule has 0 unspecified atom stereocenters. The number of carbonyl (C=O) groups is 1. The van der Waals surface area contributed by atoms with Crippen molar-refractivity contribution in [2.75, 3.05) is 27.4 Å². The SMILES string of the molecule is COCC(C)(C)c1c([C@@H]2CC[C@@H](C(=O)O)OC2)c2c(F)c3[nH]ncc3cc2n1-c1ccc(F)c(OC)c1. The fraction of sp³-hybridized carbons (Fsp3) is 0.407. The molecule has 1 aliphatic heterocycles. The molecule has 8 nitrogen and oxygen atoms in total. The molecule has 1 saturated heterocycles. The van der Waals surface area contributed by atoms with Crippen LogP contribution in [0.15, 0.2) is 30.5 Å². The third kappa shape index (κ3) is 4.14. The largest absolute Gasteiger partial charge is 0.494 e. The molecule has 0 aliphatic carbocycles. The maximum Gasteiger partial charge on any atom is 0.332 e. The minimum Gasteiger partial charge on any atom is -0.494 e. The average molecular weight is 514 g/mol. The Hall–Kier alpha value is -3.50. The summed E-state index contributed by atoms with van der Waals surface area (Å²) in [5, 5.41) is 17.2. The van der Waals surface area contributed by atoms with Gasteiger partial charge in [0.2, 0.25) is 0 Å². The Morgan fingerprint density at radius 1 is 1.27 bits per heavy atom. The molecule has 2 aromatic heterocycles. The van der Waals surface area contributed by atoms with E-state index in [4.69, 9.17) is 14.2 Å². The van der Waals surface area contributed by atoms with Crippen molar-refractivity contribution >= 4 is 27.8 Å². The second-order valence-electron chi connectivity index (χ2n) is 10.1. The van der Waals surface area contributed by atoms with Gasteiger partial charge >= 0.3 is 5.97 Å². The number of carboxylic acid groups (broad SMARTS) is 1. The molecule has 2 N–H and O–H groups in total. The van der Waals surface area contributed by atoms with Gasteiger partial charge in [0.1, 0.15) is 5.52 Å². The van der Waals surface area contributed by atoms with Crippen LogP contribution in [-0.4, -0.2) is 59.4 Å². The number of hydrogen-bond acceptors (Lipinski definition) is 5. The van der Waals surface area contributed by atoms with Crippen molar-refractivity contribution < 1.29 is 32.9 Å². The maximum absolute atomic E-state index is 16.3. The van der Waals surface area contributed by atoms with Crippen molar-refractivity contribution in [3.05, 3.63) is 53.4 Å². The zero-order valence-corrected chi connectivity index (χ0v) is 21.1. The number of H-pyrrole nitrogens is 1. The highest BCUT2D eigenvalue weighted by Crippen LogP contribution is 2.46. The monoisotopic (exact) mass is 513 g/mol. The van der Waals surface area contributed by atoms with Gasteiger partial charge in [-0.2, -0.15) is 5.10 Å². The fourth-order valence-electron chi connectivity index (χ4n) is 5.55. The summed E-state index contributed by atoms with van der Waals surface area (Å²) in [4.78, 5) is 11.5. The van der Waals surface area contributed by atoms with Gasteiger partial charge in [-0.1, -0.05) is 13.8 Å². The Labute approximate surface area is 212 Å². The number of carboxylic acids is 1. The zero-order valence-electron chi connectivity index (χ0n) is 21.1. The normalized spacial score (nSPS) is 18.5. The molecule has 0 spiro atoms. The predicted octanol–water partition coefficient (Wildman–Crippen LogP) is 5.06. The summed E-state index contributed by atoms with van der Waals surface area (Å²) < 4.78 is 49.1. The molecule has 2 aromatic carbocycles. The topological polar surface area (TPSA) is 98.6 Å². The molecule has 37 heavy (non-hydrogen) atoms. The Balaban J connectivity index is 1.87. The van der Waals surface area contributed by atoms with E-state index in [-0.39, 0.29) is 23.8 Å². The quantitative estimate of drug-likeness (QED) is 0.358. The van der Waals surface area contributed by atoms with Gasteiger partial charge in [0, 0.05) is 46.7 Å². The Morgan fingerprint density at radius 2 is 2.05 bits per heavy atom. The smallest absolute Gasteiger partial charge is 0.332 e. The van der Waals surface area contributed by atoms with Crippen molar-refractivity contribution in [1.29, 1.82) is 0 Å². The van der Waals surface area contributed by atoms with Gasteiger partial charge in [0.25, 0.3) is 0 Å². The van der Waals surface area contributed by atoms with Gasteiger partial charge in [-0.15, -0.1) is 0 Å². The van der Waals surface area contributed by atoms with Crippen LogP contribution in [0.4, 0.5) is 8.78 Å². The molecule has 0 amide bonds. The summed E-state index contributed by atoms with van der Waals surface area (Å²) in [5.74, 6) is -2.19. The standard InChI is InChI=1S/C27H29F2N3O5/c1-27(2,13-35-3)25-21(14-5-8-19(26(33)34)37-12-14)22-18(9-15-11-30-31-24(15)23(22)29)32(25)16-6-7-17(28)20(10-16)36-4/h6-7,9-11,14,19H,5,8,12-13H2,1-4H3,(H,30,31)(H,33,34)/t14-,19+/m1/s1. The number of methoxy groups -OCH3 is 2. The number of benzene rings is 2. The van der Waals surface area contributed by atoms with E-state index in [0.29, 0.717) is 41.4 Å². The highest BCUT2D eigenvalue weighted by atomic mass is 19.1. The number of aromatic amines is 1. The van der Waals surface area contributed by atoms with Crippen LogP contribution in [0, 0.1) is 11.6 Å². The number of rotatable bonds is 7. The molecule has 196 valence electrons. The lowest BCUT2D eigenvalue weighted by Gasteiger charge is -2.32. The number of fused-ring (bicyclic) bond motifs is 2. The van der Waals surface area contributed by atoms with Gasteiger partial charge < -0.3 is 23.9 Å². The Morgan fingerprint density at radius 3 is 2.70 bits per heavy atom. The van der Waals surface area contributed by atoms with E-state index in [9.17, 15) is 14.3 Å². The molecule has 10 heteroatoms. The van der Waals surface area contributed by atoms with E-state index in [1.807, 2.05) is 24.5 Å². The number of hydrogen-bond donors (Lipinski definition) is 2. The van der Waals surface area contributed by atoms with E-state index in [2.05, 4.69) is 10.2 Å². The maximum atomic E-state index is 16.3.